The average molecular weight is 170 g/mol. The van der Waals surface area contributed by atoms with Gasteiger partial charge in [0.05, 0.1) is 12.0 Å². The van der Waals surface area contributed by atoms with Crippen molar-refractivity contribution in [1.29, 1.82) is 0 Å². The van der Waals surface area contributed by atoms with Gasteiger partial charge in [0.15, 0.2) is 6.10 Å². The molecule has 0 saturated heterocycles. The van der Waals surface area contributed by atoms with Crippen molar-refractivity contribution in [2.75, 3.05) is 7.11 Å². The molecule has 1 rings (SSSR count). The topological polar surface area (TPSA) is 64.3 Å². The fourth-order valence-electron chi connectivity index (χ4n) is 0.917. The number of carboxylic acids is 1. The Hall–Kier alpha value is -1.36. The molecule has 0 aromatic carbocycles. The van der Waals surface area contributed by atoms with Crippen molar-refractivity contribution in [3.8, 4) is 0 Å². The van der Waals surface area contributed by atoms with Gasteiger partial charge in [0.1, 0.15) is 0 Å². The van der Waals surface area contributed by atoms with Crippen LogP contribution in [0.4, 0.5) is 0 Å². The lowest BCUT2D eigenvalue weighted by molar-refractivity contribution is -0.149. The highest BCUT2D eigenvalue weighted by Crippen LogP contribution is 2.13. The minimum Gasteiger partial charge on any atom is -0.479 e. The van der Waals surface area contributed by atoms with E-state index in [1.807, 2.05) is 0 Å². The first-order valence-electron chi connectivity index (χ1n) is 3.38. The fraction of sp³-hybridized carbons (Fsp3) is 0.429. The number of aromatic nitrogens is 2. The Balaban J connectivity index is 2.87. The van der Waals surface area contributed by atoms with Crippen LogP contribution in [-0.4, -0.2) is 27.7 Å². The number of carboxylic acid groups (broad SMARTS) is 1. The Morgan fingerprint density at radius 1 is 1.83 bits per heavy atom. The van der Waals surface area contributed by atoms with E-state index in [0.29, 0.717) is 5.69 Å². The minimum atomic E-state index is -1.03. The van der Waals surface area contributed by atoms with E-state index >= 15 is 0 Å². The summed E-state index contributed by atoms with van der Waals surface area (Å²) in [5.74, 6) is -1.03. The molecule has 0 bridgehead atoms. The maximum absolute atomic E-state index is 10.6. The predicted molar refractivity (Wildman–Crippen MR) is 40.6 cm³/mol. The number of ether oxygens (including phenoxy) is 1. The summed E-state index contributed by atoms with van der Waals surface area (Å²) >= 11 is 0. The van der Waals surface area contributed by atoms with Crippen molar-refractivity contribution in [1.82, 2.24) is 9.55 Å². The molecule has 0 radical (unpaired) electrons. The lowest BCUT2D eigenvalue weighted by atomic mass is 10.3. The molecule has 1 heterocycles. The number of hydrogen-bond donors (Lipinski definition) is 1. The molecular weight excluding hydrogens is 160 g/mol. The van der Waals surface area contributed by atoms with Gasteiger partial charge in [-0.15, -0.1) is 0 Å². The van der Waals surface area contributed by atoms with Crippen LogP contribution in [0.1, 0.15) is 11.8 Å². The molecule has 1 atom stereocenters. The van der Waals surface area contributed by atoms with Crippen molar-refractivity contribution >= 4 is 5.97 Å². The second-order valence-electron chi connectivity index (χ2n) is 2.42. The Kier molecular flexibility index (Phi) is 2.44. The predicted octanol–water partition coefficient (Wildman–Crippen LogP) is 0.192. The van der Waals surface area contributed by atoms with E-state index in [0.717, 1.165) is 0 Å². The van der Waals surface area contributed by atoms with Crippen LogP contribution < -0.4 is 0 Å². The second-order valence-corrected chi connectivity index (χ2v) is 2.42. The van der Waals surface area contributed by atoms with E-state index in [9.17, 15) is 4.79 Å². The number of aliphatic carboxylic acids is 1. The molecule has 66 valence electrons. The van der Waals surface area contributed by atoms with E-state index < -0.39 is 12.1 Å². The monoisotopic (exact) mass is 170 g/mol. The zero-order chi connectivity index (χ0) is 9.14. The number of aryl methyl sites for hydroxylation is 1. The molecule has 12 heavy (non-hydrogen) atoms. The van der Waals surface area contributed by atoms with Crippen LogP contribution in [0.5, 0.6) is 0 Å². The first-order chi connectivity index (χ1) is 5.65. The molecule has 5 nitrogen and oxygen atoms in total. The molecule has 0 saturated carbocycles. The number of methoxy groups -OCH3 is 1. The summed E-state index contributed by atoms with van der Waals surface area (Å²) in [5.41, 5.74) is 0.410. The summed E-state index contributed by atoms with van der Waals surface area (Å²) < 4.78 is 6.41. The van der Waals surface area contributed by atoms with Gasteiger partial charge in [-0.25, -0.2) is 9.78 Å². The van der Waals surface area contributed by atoms with Gasteiger partial charge in [-0.3, -0.25) is 0 Å². The van der Waals surface area contributed by atoms with Crippen LogP contribution in [0.25, 0.3) is 0 Å². The van der Waals surface area contributed by atoms with Gasteiger partial charge < -0.3 is 14.4 Å². The van der Waals surface area contributed by atoms with E-state index in [-0.39, 0.29) is 0 Å². The average Bonchev–Trinajstić information content (AvgIpc) is 2.37. The molecule has 0 unspecified atom stereocenters. The quantitative estimate of drug-likeness (QED) is 0.703. The molecule has 5 heteroatoms. The SMILES string of the molecule is CO[C@@H](C(=O)O)c1cn(C)cn1. The van der Waals surface area contributed by atoms with Gasteiger partial charge in [-0.1, -0.05) is 0 Å². The second kappa shape index (κ2) is 3.36. The van der Waals surface area contributed by atoms with Crippen LogP contribution in [0.3, 0.4) is 0 Å². The molecule has 1 aromatic heterocycles. The van der Waals surface area contributed by atoms with Gasteiger partial charge in [0.2, 0.25) is 0 Å². The maximum Gasteiger partial charge on any atom is 0.339 e. The van der Waals surface area contributed by atoms with Crippen LogP contribution in [0.2, 0.25) is 0 Å². The summed E-state index contributed by atoms with van der Waals surface area (Å²) in [7, 11) is 3.11. The smallest absolute Gasteiger partial charge is 0.339 e. The highest BCUT2D eigenvalue weighted by atomic mass is 16.5. The fourth-order valence-corrected chi connectivity index (χ4v) is 0.917. The number of hydrogen-bond acceptors (Lipinski definition) is 3. The normalized spacial score (nSPS) is 12.8. The van der Waals surface area contributed by atoms with Crippen LogP contribution >= 0.6 is 0 Å². The summed E-state index contributed by atoms with van der Waals surface area (Å²) in [6, 6.07) is 0. The maximum atomic E-state index is 10.6. The Morgan fingerprint density at radius 2 is 2.50 bits per heavy atom. The Bertz CT molecular complexity index is 282. The van der Waals surface area contributed by atoms with E-state index in [2.05, 4.69) is 4.98 Å². The lowest BCUT2D eigenvalue weighted by Gasteiger charge is -2.05. The molecule has 0 aliphatic rings. The molecule has 0 amide bonds. The lowest BCUT2D eigenvalue weighted by Crippen LogP contribution is -2.13. The van der Waals surface area contributed by atoms with Crippen LogP contribution in [-0.2, 0) is 16.6 Å². The number of nitrogens with zero attached hydrogens (tertiary/aromatic N) is 2. The highest BCUT2D eigenvalue weighted by Gasteiger charge is 2.20. The third-order valence-corrected chi connectivity index (χ3v) is 1.45. The van der Waals surface area contributed by atoms with Gasteiger partial charge >= 0.3 is 5.97 Å². The zero-order valence-corrected chi connectivity index (χ0v) is 6.89. The van der Waals surface area contributed by atoms with E-state index in [4.69, 9.17) is 9.84 Å². The molecule has 0 aliphatic carbocycles. The minimum absolute atomic E-state index is 0.410. The van der Waals surface area contributed by atoms with Gasteiger partial charge in [0, 0.05) is 20.4 Å². The summed E-state index contributed by atoms with van der Waals surface area (Å²) in [6.45, 7) is 0. The van der Waals surface area contributed by atoms with Crippen molar-refractivity contribution in [3.63, 3.8) is 0 Å². The number of imidazole rings is 1. The zero-order valence-electron chi connectivity index (χ0n) is 6.89. The van der Waals surface area contributed by atoms with Crippen molar-refractivity contribution in [2.45, 2.75) is 6.10 Å². The third kappa shape index (κ3) is 1.62. The summed E-state index contributed by atoms with van der Waals surface area (Å²) in [4.78, 5) is 14.4. The largest absolute Gasteiger partial charge is 0.479 e. The molecular formula is C7H10N2O3. The van der Waals surface area contributed by atoms with Gasteiger partial charge in [-0.05, 0) is 0 Å². The van der Waals surface area contributed by atoms with Gasteiger partial charge in [-0.2, -0.15) is 0 Å². The van der Waals surface area contributed by atoms with Gasteiger partial charge in [0.25, 0.3) is 0 Å². The molecule has 0 aliphatic heterocycles. The van der Waals surface area contributed by atoms with Crippen molar-refractivity contribution < 1.29 is 14.6 Å². The summed E-state index contributed by atoms with van der Waals surface area (Å²) in [6.07, 6.45) is 2.18. The number of carbonyl (C=O) groups is 1. The first kappa shape index (κ1) is 8.73. The number of rotatable bonds is 3. The standard InChI is InChI=1S/C7H10N2O3/c1-9-3-5(8-4-9)6(12-2)7(10)11/h3-4,6H,1-2H3,(H,10,11)/t6-/m1/s1. The summed E-state index contributed by atoms with van der Waals surface area (Å²) in [5, 5.41) is 8.66. The third-order valence-electron chi connectivity index (χ3n) is 1.45. The Morgan fingerprint density at radius 3 is 2.83 bits per heavy atom. The van der Waals surface area contributed by atoms with Crippen LogP contribution in [0, 0.1) is 0 Å². The highest BCUT2D eigenvalue weighted by molar-refractivity contribution is 5.73. The molecule has 1 aromatic rings. The van der Waals surface area contributed by atoms with E-state index in [1.165, 1.54) is 13.4 Å². The van der Waals surface area contributed by atoms with Crippen molar-refractivity contribution in [3.05, 3.63) is 18.2 Å². The first-order valence-corrected chi connectivity index (χ1v) is 3.38. The molecule has 0 fully saturated rings. The van der Waals surface area contributed by atoms with Crippen LogP contribution in [0.15, 0.2) is 12.5 Å². The van der Waals surface area contributed by atoms with Crippen molar-refractivity contribution in [2.24, 2.45) is 7.05 Å². The molecule has 0 spiro atoms. The molecule has 1 N–H and O–H groups in total. The van der Waals surface area contributed by atoms with E-state index in [1.54, 1.807) is 17.8 Å². The Labute approximate surface area is 69.6 Å².